The van der Waals surface area contributed by atoms with Crippen molar-refractivity contribution in [3.63, 3.8) is 0 Å². The maximum atomic E-state index is 14.2. The van der Waals surface area contributed by atoms with Crippen LogP contribution in [-0.4, -0.2) is 8.97 Å². The SMILES string of the molecule is C=Cc1c(C=C)c2cccc3c4cc(-c5cc(-n6c7ccccc7c7cc8c(cc76)C(C)(C)c6ccccc6-8)cc6c7ccccc7c7ccccc7c56)ccc4n(c1=O)c23. The molecule has 0 N–H and O–H groups in total. The number of rotatable bonds is 4. The lowest BCUT2D eigenvalue weighted by molar-refractivity contribution is 0.661. The number of pyridine rings is 1. The Bertz CT molecular complexity index is 4020. The number of para-hydroxylation sites is 2. The number of hydrogen-bond donors (Lipinski definition) is 0. The predicted molar refractivity (Wildman–Crippen MR) is 260 cm³/mol. The van der Waals surface area contributed by atoms with Crippen molar-refractivity contribution in [2.75, 3.05) is 0 Å². The Hall–Kier alpha value is -7.75. The molecule has 0 spiro atoms. The summed E-state index contributed by atoms with van der Waals surface area (Å²) in [7, 11) is 0. The first-order valence-electron chi connectivity index (χ1n) is 21.0. The first-order valence-corrected chi connectivity index (χ1v) is 21.0. The topological polar surface area (TPSA) is 26.4 Å². The van der Waals surface area contributed by atoms with Gasteiger partial charge in [-0.05, 0) is 114 Å². The van der Waals surface area contributed by atoms with Gasteiger partial charge in [0.25, 0.3) is 5.56 Å². The minimum Gasteiger partial charge on any atom is -0.309 e. The summed E-state index contributed by atoms with van der Waals surface area (Å²) in [5.74, 6) is 0. The van der Waals surface area contributed by atoms with Gasteiger partial charge in [0.1, 0.15) is 0 Å². The molecule has 0 saturated carbocycles. The Kier molecular flexibility index (Phi) is 6.68. The number of fused-ring (bicyclic) bond motifs is 15. The lowest BCUT2D eigenvalue weighted by Gasteiger charge is -2.22. The number of benzene rings is 9. The van der Waals surface area contributed by atoms with E-state index in [2.05, 4.69) is 189 Å². The third-order valence-electron chi connectivity index (χ3n) is 14.0. The highest BCUT2D eigenvalue weighted by atomic mass is 16.1. The smallest absolute Gasteiger partial charge is 0.263 e. The van der Waals surface area contributed by atoms with Crippen molar-refractivity contribution in [2.45, 2.75) is 19.3 Å². The molecule has 0 saturated heterocycles. The van der Waals surface area contributed by atoms with Gasteiger partial charge in [-0.15, -0.1) is 0 Å². The summed E-state index contributed by atoms with van der Waals surface area (Å²) in [6, 6.07) is 58.1. The third-order valence-corrected chi connectivity index (χ3v) is 14.0. The van der Waals surface area contributed by atoms with E-state index in [4.69, 9.17) is 0 Å². The molecule has 0 atom stereocenters. The van der Waals surface area contributed by atoms with Crippen LogP contribution in [0.15, 0.2) is 176 Å². The van der Waals surface area contributed by atoms with E-state index in [-0.39, 0.29) is 11.0 Å². The first-order chi connectivity index (χ1) is 29.9. The van der Waals surface area contributed by atoms with E-state index in [1.165, 1.54) is 76.4 Å². The van der Waals surface area contributed by atoms with E-state index in [1.807, 2.05) is 4.40 Å². The van der Waals surface area contributed by atoms with Crippen LogP contribution in [0.5, 0.6) is 0 Å². The normalized spacial score (nSPS) is 13.4. The van der Waals surface area contributed by atoms with E-state index in [0.29, 0.717) is 5.56 Å². The average Bonchev–Trinajstić information content (AvgIpc) is 3.89. The fraction of sp³-hybridized carbons (Fsp3) is 0.0517. The van der Waals surface area contributed by atoms with Gasteiger partial charge in [0.2, 0.25) is 0 Å². The van der Waals surface area contributed by atoms with Crippen LogP contribution < -0.4 is 5.56 Å². The lowest BCUT2D eigenvalue weighted by Crippen LogP contribution is -2.17. The Morgan fingerprint density at radius 2 is 1.10 bits per heavy atom. The van der Waals surface area contributed by atoms with Gasteiger partial charge < -0.3 is 4.57 Å². The summed E-state index contributed by atoms with van der Waals surface area (Å²) in [5, 5.41) is 12.9. The molecule has 0 aliphatic heterocycles. The van der Waals surface area contributed by atoms with E-state index < -0.39 is 0 Å². The molecule has 0 bridgehead atoms. The highest BCUT2D eigenvalue weighted by Gasteiger charge is 2.36. The van der Waals surface area contributed by atoms with Crippen molar-refractivity contribution < 1.29 is 0 Å². The van der Waals surface area contributed by atoms with Gasteiger partial charge in [-0.3, -0.25) is 9.20 Å². The lowest BCUT2D eigenvalue weighted by atomic mass is 9.82. The number of aromatic nitrogens is 2. The van der Waals surface area contributed by atoms with Crippen molar-refractivity contribution in [2.24, 2.45) is 0 Å². The fourth-order valence-electron chi connectivity index (χ4n) is 11.3. The molecule has 13 rings (SSSR count). The molecule has 0 radical (unpaired) electrons. The zero-order chi connectivity index (χ0) is 40.9. The fourth-order valence-corrected chi connectivity index (χ4v) is 11.3. The van der Waals surface area contributed by atoms with Gasteiger partial charge in [0, 0.05) is 43.6 Å². The molecule has 3 nitrogen and oxygen atoms in total. The van der Waals surface area contributed by atoms with Gasteiger partial charge in [-0.2, -0.15) is 0 Å². The summed E-state index contributed by atoms with van der Waals surface area (Å²) in [4.78, 5) is 14.2. The second-order valence-corrected chi connectivity index (χ2v) is 17.3. The molecule has 0 unspecified atom stereocenters. The summed E-state index contributed by atoms with van der Waals surface area (Å²) in [5.41, 5.74) is 14.1. The van der Waals surface area contributed by atoms with Crippen LogP contribution >= 0.6 is 0 Å². The molecule has 61 heavy (non-hydrogen) atoms. The van der Waals surface area contributed by atoms with Crippen LogP contribution in [0.1, 0.15) is 36.1 Å². The van der Waals surface area contributed by atoms with Crippen molar-refractivity contribution in [3.05, 3.63) is 203 Å². The van der Waals surface area contributed by atoms with Crippen molar-refractivity contribution in [1.82, 2.24) is 8.97 Å². The third kappa shape index (κ3) is 4.30. The van der Waals surface area contributed by atoms with Gasteiger partial charge in [0.05, 0.1) is 22.1 Å². The quantitative estimate of drug-likeness (QED) is 0.163. The second-order valence-electron chi connectivity index (χ2n) is 17.3. The molecule has 1 aliphatic carbocycles. The van der Waals surface area contributed by atoms with E-state index >= 15 is 0 Å². The van der Waals surface area contributed by atoms with Crippen molar-refractivity contribution in [1.29, 1.82) is 0 Å². The summed E-state index contributed by atoms with van der Waals surface area (Å²) in [6.45, 7) is 12.8. The van der Waals surface area contributed by atoms with Crippen LogP contribution in [0, 0.1) is 0 Å². The molecule has 1 aliphatic rings. The molecule has 3 aromatic heterocycles. The molecule has 3 heteroatoms. The van der Waals surface area contributed by atoms with Gasteiger partial charge >= 0.3 is 0 Å². The van der Waals surface area contributed by atoms with E-state index in [9.17, 15) is 4.79 Å². The van der Waals surface area contributed by atoms with Crippen molar-refractivity contribution >= 4 is 93.5 Å². The highest BCUT2D eigenvalue weighted by Crippen LogP contribution is 2.52. The second kappa shape index (κ2) is 11.9. The van der Waals surface area contributed by atoms with E-state index in [0.717, 1.165) is 49.6 Å². The predicted octanol–water partition coefficient (Wildman–Crippen LogP) is 14.9. The van der Waals surface area contributed by atoms with Crippen LogP contribution in [0.25, 0.3) is 121 Å². The molecular weight excluding hydrogens is 741 g/mol. The molecule has 3 heterocycles. The maximum Gasteiger partial charge on any atom is 0.263 e. The zero-order valence-electron chi connectivity index (χ0n) is 33.9. The minimum absolute atomic E-state index is 0.0783. The Balaban J connectivity index is 1.18. The number of hydrogen-bond acceptors (Lipinski definition) is 1. The Morgan fingerprint density at radius 1 is 0.459 bits per heavy atom. The minimum atomic E-state index is -0.142. The average molecular weight is 779 g/mol. The standard InChI is InChI=1S/C58H38N2O/c1-5-35-36(6-2)57(61)60-53-27-26-33(28-47(53)44-23-15-22-43(35)56(44)60)45-29-34(30-49-39-18-8-7-16-37(39)38-17-9-10-21-42(38)55(45)49)59-52-25-14-12-20-41(52)48-31-46-40-19-11-13-24-50(40)58(3,4)51(46)32-54(48)59/h5-32H,1-2H2,3-4H3. The molecular formula is C58H38N2O. The van der Waals surface area contributed by atoms with Gasteiger partial charge in [0.15, 0.2) is 0 Å². The molecule has 0 amide bonds. The molecule has 12 aromatic rings. The van der Waals surface area contributed by atoms with Crippen LogP contribution in [0.4, 0.5) is 0 Å². The summed E-state index contributed by atoms with van der Waals surface area (Å²) in [6.07, 6.45) is 3.45. The monoisotopic (exact) mass is 778 g/mol. The molecule has 0 fully saturated rings. The largest absolute Gasteiger partial charge is 0.309 e. The van der Waals surface area contributed by atoms with Crippen LogP contribution in [0.2, 0.25) is 0 Å². The van der Waals surface area contributed by atoms with Gasteiger partial charge in [-0.1, -0.05) is 154 Å². The van der Waals surface area contributed by atoms with E-state index in [1.54, 1.807) is 12.2 Å². The highest BCUT2D eigenvalue weighted by molar-refractivity contribution is 6.29. The summed E-state index contributed by atoms with van der Waals surface area (Å²) >= 11 is 0. The summed E-state index contributed by atoms with van der Waals surface area (Å²) < 4.78 is 4.37. The number of nitrogens with zero attached hydrogens (tertiary/aromatic N) is 2. The Labute approximate surface area is 351 Å². The molecule has 286 valence electrons. The van der Waals surface area contributed by atoms with Crippen LogP contribution in [-0.2, 0) is 5.41 Å². The van der Waals surface area contributed by atoms with Gasteiger partial charge in [-0.25, -0.2) is 0 Å². The maximum absolute atomic E-state index is 14.2. The van der Waals surface area contributed by atoms with Crippen LogP contribution in [0.3, 0.4) is 0 Å². The zero-order valence-corrected chi connectivity index (χ0v) is 33.9. The van der Waals surface area contributed by atoms with Crippen molar-refractivity contribution in [3.8, 4) is 27.9 Å². The first kappa shape index (κ1) is 34.1. The molecule has 9 aromatic carbocycles. The Morgan fingerprint density at radius 3 is 1.89 bits per heavy atom.